The maximum Gasteiger partial charge on any atom is 0.265 e. The Bertz CT molecular complexity index is 793. The van der Waals surface area contributed by atoms with E-state index in [2.05, 4.69) is 5.32 Å². The van der Waals surface area contributed by atoms with Crippen molar-refractivity contribution in [2.75, 3.05) is 11.1 Å². The number of nitrogens with two attached hydrogens (primary N) is 1. The summed E-state index contributed by atoms with van der Waals surface area (Å²) in [4.78, 5) is 13.0. The number of amides is 1. The van der Waals surface area contributed by atoms with Crippen LogP contribution in [0.2, 0.25) is 0 Å². The van der Waals surface area contributed by atoms with Crippen molar-refractivity contribution in [2.45, 2.75) is 5.60 Å². The molecule has 0 bridgehead atoms. The highest BCUT2D eigenvalue weighted by Crippen LogP contribution is 2.31. The molecule has 4 nitrogen and oxygen atoms in total. The maximum absolute atomic E-state index is 13.0. The molecule has 0 heterocycles. The van der Waals surface area contributed by atoms with Gasteiger partial charge in [0.05, 0.1) is 11.4 Å². The van der Waals surface area contributed by atoms with Gasteiger partial charge in [-0.15, -0.1) is 0 Å². The number of anilines is 2. The van der Waals surface area contributed by atoms with E-state index in [9.17, 15) is 9.90 Å². The van der Waals surface area contributed by atoms with Gasteiger partial charge in [0.1, 0.15) is 0 Å². The van der Waals surface area contributed by atoms with Crippen molar-refractivity contribution >= 4 is 17.3 Å². The number of carbonyl (C=O) groups excluding carboxylic acids is 1. The molecule has 3 rings (SSSR count). The minimum Gasteiger partial charge on any atom is -0.397 e. The third kappa shape index (κ3) is 2.87. The van der Waals surface area contributed by atoms with E-state index in [1.807, 2.05) is 12.1 Å². The van der Waals surface area contributed by atoms with E-state index in [0.29, 0.717) is 22.5 Å². The first-order valence-corrected chi connectivity index (χ1v) is 7.62. The fraction of sp³-hybridized carbons (Fsp3) is 0.0500. The van der Waals surface area contributed by atoms with Crippen LogP contribution in [0.4, 0.5) is 11.4 Å². The van der Waals surface area contributed by atoms with Crippen molar-refractivity contribution in [1.29, 1.82) is 0 Å². The molecule has 0 fully saturated rings. The third-order valence-electron chi connectivity index (χ3n) is 3.92. The molecule has 0 unspecified atom stereocenters. The molecule has 3 aromatic carbocycles. The second kappa shape index (κ2) is 6.56. The van der Waals surface area contributed by atoms with Gasteiger partial charge >= 0.3 is 0 Å². The third-order valence-corrected chi connectivity index (χ3v) is 3.92. The number of aliphatic hydroxyl groups is 1. The van der Waals surface area contributed by atoms with Gasteiger partial charge in [0, 0.05) is 0 Å². The van der Waals surface area contributed by atoms with Gasteiger partial charge in [-0.25, -0.2) is 0 Å². The number of carbonyl (C=O) groups is 1. The Hall–Kier alpha value is -3.11. The molecule has 3 aromatic rings. The van der Waals surface area contributed by atoms with Crippen LogP contribution in [0.3, 0.4) is 0 Å². The molecule has 0 radical (unpaired) electrons. The van der Waals surface area contributed by atoms with Crippen molar-refractivity contribution in [2.24, 2.45) is 0 Å². The van der Waals surface area contributed by atoms with E-state index < -0.39 is 11.5 Å². The maximum atomic E-state index is 13.0. The quantitative estimate of drug-likeness (QED) is 0.647. The van der Waals surface area contributed by atoms with Crippen LogP contribution in [0.25, 0.3) is 0 Å². The van der Waals surface area contributed by atoms with Crippen LogP contribution in [0, 0.1) is 0 Å². The molecule has 0 atom stereocenters. The van der Waals surface area contributed by atoms with Gasteiger partial charge in [-0.1, -0.05) is 72.8 Å². The minimum atomic E-state index is -1.81. The molecular weight excluding hydrogens is 300 g/mol. The van der Waals surface area contributed by atoms with E-state index in [0.717, 1.165) is 0 Å². The minimum absolute atomic E-state index is 0.439. The van der Waals surface area contributed by atoms with Gasteiger partial charge in [-0.3, -0.25) is 4.79 Å². The van der Waals surface area contributed by atoms with Crippen molar-refractivity contribution in [3.05, 3.63) is 96.1 Å². The van der Waals surface area contributed by atoms with Crippen molar-refractivity contribution in [3.63, 3.8) is 0 Å². The zero-order valence-corrected chi connectivity index (χ0v) is 13.0. The Labute approximate surface area is 140 Å². The summed E-state index contributed by atoms with van der Waals surface area (Å²) in [7, 11) is 0. The van der Waals surface area contributed by atoms with Gasteiger partial charge in [0.15, 0.2) is 5.60 Å². The average molecular weight is 318 g/mol. The van der Waals surface area contributed by atoms with Crippen LogP contribution < -0.4 is 11.1 Å². The first kappa shape index (κ1) is 15.8. The summed E-state index contributed by atoms with van der Waals surface area (Å²) in [5.74, 6) is -0.558. The molecule has 24 heavy (non-hydrogen) atoms. The smallest absolute Gasteiger partial charge is 0.265 e. The zero-order chi connectivity index (χ0) is 17.0. The summed E-state index contributed by atoms with van der Waals surface area (Å²) in [5, 5.41) is 14.1. The van der Waals surface area contributed by atoms with Gasteiger partial charge in [0.25, 0.3) is 5.91 Å². The van der Waals surface area contributed by atoms with Crippen LogP contribution >= 0.6 is 0 Å². The summed E-state index contributed by atoms with van der Waals surface area (Å²) in [5.41, 5.74) is 5.96. The fourth-order valence-corrected chi connectivity index (χ4v) is 2.61. The summed E-state index contributed by atoms with van der Waals surface area (Å²) in [6, 6.07) is 24.7. The van der Waals surface area contributed by atoms with Crippen LogP contribution in [0.5, 0.6) is 0 Å². The first-order valence-electron chi connectivity index (χ1n) is 7.62. The van der Waals surface area contributed by atoms with Crippen LogP contribution in [-0.2, 0) is 10.4 Å². The first-order chi connectivity index (χ1) is 11.6. The molecule has 0 aliphatic heterocycles. The van der Waals surface area contributed by atoms with Crippen LogP contribution in [-0.4, -0.2) is 11.0 Å². The van der Waals surface area contributed by atoms with E-state index in [1.165, 1.54) is 0 Å². The number of benzene rings is 3. The second-order valence-corrected chi connectivity index (χ2v) is 5.48. The largest absolute Gasteiger partial charge is 0.397 e. The molecular formula is C20H18N2O2. The second-order valence-electron chi connectivity index (χ2n) is 5.48. The Morgan fingerprint density at radius 3 is 1.75 bits per heavy atom. The molecule has 0 saturated carbocycles. The van der Waals surface area contributed by atoms with Crippen molar-refractivity contribution < 1.29 is 9.90 Å². The number of para-hydroxylation sites is 2. The molecule has 4 N–H and O–H groups in total. The highest BCUT2D eigenvalue weighted by atomic mass is 16.3. The standard InChI is InChI=1S/C20H18N2O2/c21-17-13-7-8-14-18(17)22-19(23)20(24,15-9-3-1-4-10-15)16-11-5-2-6-12-16/h1-14,24H,21H2,(H,22,23). The van der Waals surface area contributed by atoms with Crippen LogP contribution in [0.15, 0.2) is 84.9 Å². The fourth-order valence-electron chi connectivity index (χ4n) is 2.61. The van der Waals surface area contributed by atoms with Crippen molar-refractivity contribution in [1.82, 2.24) is 0 Å². The SMILES string of the molecule is Nc1ccccc1NC(=O)C(O)(c1ccccc1)c1ccccc1. The number of hydrogen-bond donors (Lipinski definition) is 3. The Morgan fingerprint density at radius 1 is 0.792 bits per heavy atom. The van der Waals surface area contributed by atoms with E-state index >= 15 is 0 Å². The molecule has 1 amide bonds. The summed E-state index contributed by atoms with van der Waals surface area (Å²) >= 11 is 0. The number of hydrogen-bond acceptors (Lipinski definition) is 3. The van der Waals surface area contributed by atoms with Gasteiger partial charge in [-0.2, -0.15) is 0 Å². The van der Waals surface area contributed by atoms with Gasteiger partial charge in [0.2, 0.25) is 0 Å². The lowest BCUT2D eigenvalue weighted by Gasteiger charge is -2.28. The van der Waals surface area contributed by atoms with E-state index in [1.54, 1.807) is 72.8 Å². The zero-order valence-electron chi connectivity index (χ0n) is 13.0. The molecule has 0 spiro atoms. The molecule has 4 heteroatoms. The lowest BCUT2D eigenvalue weighted by molar-refractivity contribution is -0.131. The number of rotatable bonds is 4. The summed E-state index contributed by atoms with van der Waals surface area (Å²) in [6.45, 7) is 0. The average Bonchev–Trinajstić information content (AvgIpc) is 2.64. The Balaban J connectivity index is 2.06. The molecule has 0 aromatic heterocycles. The highest BCUT2D eigenvalue weighted by Gasteiger charge is 2.40. The number of nitrogens with one attached hydrogen (secondary N) is 1. The van der Waals surface area contributed by atoms with Crippen LogP contribution in [0.1, 0.15) is 11.1 Å². The monoisotopic (exact) mass is 318 g/mol. The molecule has 0 aliphatic rings. The predicted octanol–water partition coefficient (Wildman–Crippen LogP) is 3.14. The molecule has 120 valence electrons. The highest BCUT2D eigenvalue weighted by molar-refractivity contribution is 6.02. The van der Waals surface area contributed by atoms with E-state index in [-0.39, 0.29) is 0 Å². The normalized spacial score (nSPS) is 11.0. The van der Waals surface area contributed by atoms with Gasteiger partial charge < -0.3 is 16.2 Å². The summed E-state index contributed by atoms with van der Waals surface area (Å²) in [6.07, 6.45) is 0. The van der Waals surface area contributed by atoms with E-state index in [4.69, 9.17) is 5.73 Å². The summed E-state index contributed by atoms with van der Waals surface area (Å²) < 4.78 is 0. The topological polar surface area (TPSA) is 75.3 Å². The number of nitrogen functional groups attached to an aromatic ring is 1. The molecule has 0 aliphatic carbocycles. The Morgan fingerprint density at radius 2 is 1.25 bits per heavy atom. The van der Waals surface area contributed by atoms with Crippen molar-refractivity contribution in [3.8, 4) is 0 Å². The molecule has 0 saturated heterocycles. The van der Waals surface area contributed by atoms with Gasteiger partial charge in [-0.05, 0) is 23.3 Å². The lowest BCUT2D eigenvalue weighted by atomic mass is 9.85. The lowest BCUT2D eigenvalue weighted by Crippen LogP contribution is -2.41. The Kier molecular flexibility index (Phi) is 4.31. The predicted molar refractivity (Wildman–Crippen MR) is 95.4 cm³/mol.